The molecule has 3 rings (SSSR count). The standard InChI is InChI=1S/C20H25N3O4/c1-2-18(24)22-9-7-15(8-10-22)19(25)21-17-5-3-16(4-6-17)20(26)23-11-13-27-14-12-23/h2-6,15H,1,7-14H2,(H,21,25). The van der Waals surface area contributed by atoms with E-state index in [-0.39, 0.29) is 23.6 Å². The quantitative estimate of drug-likeness (QED) is 0.814. The summed E-state index contributed by atoms with van der Waals surface area (Å²) in [5, 5.41) is 2.91. The molecule has 0 bridgehead atoms. The zero-order valence-corrected chi connectivity index (χ0v) is 15.4. The molecule has 144 valence electrons. The molecule has 2 heterocycles. The summed E-state index contributed by atoms with van der Waals surface area (Å²) in [5.41, 5.74) is 1.27. The van der Waals surface area contributed by atoms with Crippen LogP contribution in [-0.2, 0) is 14.3 Å². The van der Waals surface area contributed by atoms with Crippen molar-refractivity contribution < 1.29 is 19.1 Å². The van der Waals surface area contributed by atoms with E-state index in [0.29, 0.717) is 63.5 Å². The van der Waals surface area contributed by atoms with Crippen LogP contribution in [0.1, 0.15) is 23.2 Å². The minimum Gasteiger partial charge on any atom is -0.378 e. The van der Waals surface area contributed by atoms with Gasteiger partial charge in [-0.25, -0.2) is 0 Å². The molecule has 1 aromatic carbocycles. The van der Waals surface area contributed by atoms with E-state index < -0.39 is 0 Å². The van der Waals surface area contributed by atoms with Crippen LogP contribution in [-0.4, -0.2) is 66.9 Å². The average Bonchev–Trinajstić information content (AvgIpc) is 2.74. The first kappa shape index (κ1) is 19.1. The van der Waals surface area contributed by atoms with E-state index in [2.05, 4.69) is 11.9 Å². The van der Waals surface area contributed by atoms with Gasteiger partial charge in [-0.15, -0.1) is 0 Å². The maximum absolute atomic E-state index is 12.5. The summed E-state index contributed by atoms with van der Waals surface area (Å²) in [6, 6.07) is 6.97. The van der Waals surface area contributed by atoms with Gasteiger partial charge in [0.25, 0.3) is 5.91 Å². The Morgan fingerprint density at radius 2 is 1.63 bits per heavy atom. The van der Waals surface area contributed by atoms with E-state index in [9.17, 15) is 14.4 Å². The number of nitrogens with one attached hydrogen (secondary N) is 1. The first-order valence-corrected chi connectivity index (χ1v) is 9.28. The molecule has 7 heteroatoms. The van der Waals surface area contributed by atoms with Crippen molar-refractivity contribution in [3.05, 3.63) is 42.5 Å². The number of carbonyl (C=O) groups excluding carboxylic acids is 3. The monoisotopic (exact) mass is 371 g/mol. The number of likely N-dealkylation sites (tertiary alicyclic amines) is 1. The molecule has 0 aliphatic carbocycles. The molecule has 0 radical (unpaired) electrons. The second kappa shape index (κ2) is 8.81. The Balaban J connectivity index is 1.52. The molecule has 0 saturated carbocycles. The van der Waals surface area contributed by atoms with E-state index in [1.165, 1.54) is 6.08 Å². The van der Waals surface area contributed by atoms with E-state index >= 15 is 0 Å². The van der Waals surface area contributed by atoms with Crippen molar-refractivity contribution in [3.63, 3.8) is 0 Å². The van der Waals surface area contributed by atoms with Crippen LogP contribution in [0.25, 0.3) is 0 Å². The lowest BCUT2D eigenvalue weighted by Gasteiger charge is -2.30. The fourth-order valence-electron chi connectivity index (χ4n) is 3.38. The highest BCUT2D eigenvalue weighted by Crippen LogP contribution is 2.20. The molecule has 2 fully saturated rings. The Labute approximate surface area is 159 Å². The van der Waals surface area contributed by atoms with E-state index in [4.69, 9.17) is 4.74 Å². The first-order valence-electron chi connectivity index (χ1n) is 9.28. The zero-order valence-electron chi connectivity index (χ0n) is 15.4. The molecule has 0 spiro atoms. The highest BCUT2D eigenvalue weighted by Gasteiger charge is 2.26. The smallest absolute Gasteiger partial charge is 0.254 e. The molecular formula is C20H25N3O4. The van der Waals surface area contributed by atoms with Crippen LogP contribution in [0, 0.1) is 5.92 Å². The maximum atomic E-state index is 12.5. The van der Waals surface area contributed by atoms with Crippen LogP contribution in [0.3, 0.4) is 0 Å². The van der Waals surface area contributed by atoms with Gasteiger partial charge in [0.05, 0.1) is 13.2 Å². The summed E-state index contributed by atoms with van der Waals surface area (Å²) in [4.78, 5) is 40.0. The number of nitrogens with zero attached hydrogens (tertiary/aromatic N) is 2. The van der Waals surface area contributed by atoms with Gasteiger partial charge in [-0.05, 0) is 43.2 Å². The highest BCUT2D eigenvalue weighted by molar-refractivity contribution is 5.96. The molecule has 0 unspecified atom stereocenters. The lowest BCUT2D eigenvalue weighted by molar-refractivity contribution is -0.130. The number of hydrogen-bond acceptors (Lipinski definition) is 4. The number of hydrogen-bond donors (Lipinski definition) is 1. The van der Waals surface area contributed by atoms with Gasteiger partial charge in [0, 0.05) is 43.3 Å². The molecule has 0 atom stereocenters. The Kier molecular flexibility index (Phi) is 6.24. The number of carbonyl (C=O) groups is 3. The number of benzene rings is 1. The first-order chi connectivity index (χ1) is 13.1. The van der Waals surface area contributed by atoms with Crippen molar-refractivity contribution in [2.24, 2.45) is 5.92 Å². The van der Waals surface area contributed by atoms with Gasteiger partial charge in [0.15, 0.2) is 0 Å². The van der Waals surface area contributed by atoms with Crippen LogP contribution in [0.2, 0.25) is 0 Å². The second-order valence-corrected chi connectivity index (χ2v) is 6.77. The summed E-state index contributed by atoms with van der Waals surface area (Å²) in [6.07, 6.45) is 2.58. The van der Waals surface area contributed by atoms with Crippen molar-refractivity contribution >= 4 is 23.4 Å². The van der Waals surface area contributed by atoms with Gasteiger partial charge in [-0.2, -0.15) is 0 Å². The Bertz CT molecular complexity index is 702. The van der Waals surface area contributed by atoms with E-state index in [1.807, 2.05) is 0 Å². The summed E-state index contributed by atoms with van der Waals surface area (Å²) in [6.45, 7) is 6.96. The van der Waals surface area contributed by atoms with Crippen LogP contribution in [0.15, 0.2) is 36.9 Å². The number of morpholine rings is 1. The molecule has 2 saturated heterocycles. The second-order valence-electron chi connectivity index (χ2n) is 6.77. The molecule has 1 aromatic rings. The Morgan fingerprint density at radius 1 is 1.00 bits per heavy atom. The van der Waals surface area contributed by atoms with Gasteiger partial charge in [-0.1, -0.05) is 6.58 Å². The third-order valence-electron chi connectivity index (χ3n) is 5.05. The predicted molar refractivity (Wildman–Crippen MR) is 101 cm³/mol. The SMILES string of the molecule is C=CC(=O)N1CCC(C(=O)Nc2ccc(C(=O)N3CCOCC3)cc2)CC1. The van der Waals surface area contributed by atoms with E-state index in [1.54, 1.807) is 34.1 Å². The van der Waals surface area contributed by atoms with Gasteiger partial charge >= 0.3 is 0 Å². The molecule has 3 amide bonds. The molecule has 27 heavy (non-hydrogen) atoms. The number of amides is 3. The van der Waals surface area contributed by atoms with Crippen molar-refractivity contribution in [1.29, 1.82) is 0 Å². The summed E-state index contributed by atoms with van der Waals surface area (Å²) < 4.78 is 5.26. The van der Waals surface area contributed by atoms with Gasteiger partial charge in [0.1, 0.15) is 0 Å². The zero-order chi connectivity index (χ0) is 19.2. The van der Waals surface area contributed by atoms with E-state index in [0.717, 1.165) is 0 Å². The highest BCUT2D eigenvalue weighted by atomic mass is 16.5. The summed E-state index contributed by atoms with van der Waals surface area (Å²) in [5.74, 6) is -0.272. The maximum Gasteiger partial charge on any atom is 0.254 e. The van der Waals surface area contributed by atoms with Crippen LogP contribution < -0.4 is 5.32 Å². The predicted octanol–water partition coefficient (Wildman–Crippen LogP) is 1.52. The summed E-state index contributed by atoms with van der Waals surface area (Å²) >= 11 is 0. The fourth-order valence-corrected chi connectivity index (χ4v) is 3.38. The summed E-state index contributed by atoms with van der Waals surface area (Å²) in [7, 11) is 0. The van der Waals surface area contributed by atoms with Crippen LogP contribution in [0.4, 0.5) is 5.69 Å². The van der Waals surface area contributed by atoms with Crippen molar-refractivity contribution in [2.75, 3.05) is 44.7 Å². The van der Waals surface area contributed by atoms with Gasteiger partial charge in [-0.3, -0.25) is 14.4 Å². The number of anilines is 1. The van der Waals surface area contributed by atoms with Crippen LogP contribution >= 0.6 is 0 Å². The van der Waals surface area contributed by atoms with Crippen molar-refractivity contribution in [3.8, 4) is 0 Å². The average molecular weight is 371 g/mol. The molecular weight excluding hydrogens is 346 g/mol. The van der Waals surface area contributed by atoms with Crippen molar-refractivity contribution in [2.45, 2.75) is 12.8 Å². The topological polar surface area (TPSA) is 79.0 Å². The minimum atomic E-state index is -0.117. The van der Waals surface area contributed by atoms with Gasteiger partial charge in [0.2, 0.25) is 11.8 Å². The lowest BCUT2D eigenvalue weighted by atomic mass is 9.95. The minimum absolute atomic E-state index is 0.0181. The van der Waals surface area contributed by atoms with Gasteiger partial charge < -0.3 is 19.9 Å². The Hall–Kier alpha value is -2.67. The number of rotatable bonds is 4. The number of ether oxygens (including phenoxy) is 1. The fraction of sp³-hybridized carbons (Fsp3) is 0.450. The number of piperidine rings is 1. The molecule has 2 aliphatic heterocycles. The molecule has 7 nitrogen and oxygen atoms in total. The largest absolute Gasteiger partial charge is 0.378 e. The molecule has 0 aromatic heterocycles. The normalized spacial score (nSPS) is 18.1. The third-order valence-corrected chi connectivity index (χ3v) is 5.05. The third kappa shape index (κ3) is 4.74. The molecule has 1 N–H and O–H groups in total. The lowest BCUT2D eigenvalue weighted by Crippen LogP contribution is -2.41. The van der Waals surface area contributed by atoms with Crippen LogP contribution in [0.5, 0.6) is 0 Å². The molecule has 2 aliphatic rings. The van der Waals surface area contributed by atoms with Crippen molar-refractivity contribution in [1.82, 2.24) is 9.80 Å². The Morgan fingerprint density at radius 3 is 2.22 bits per heavy atom.